The minimum absolute atomic E-state index is 0.247. The average molecular weight is 308 g/mol. The van der Waals surface area contributed by atoms with E-state index in [1.807, 2.05) is 13.0 Å². The van der Waals surface area contributed by atoms with Crippen molar-refractivity contribution in [3.63, 3.8) is 0 Å². The Morgan fingerprint density at radius 3 is 2.71 bits per heavy atom. The zero-order valence-electron chi connectivity index (χ0n) is 12.4. The first kappa shape index (κ1) is 15.5. The van der Waals surface area contributed by atoms with Gasteiger partial charge in [0.05, 0.1) is 16.3 Å². The van der Waals surface area contributed by atoms with Crippen LogP contribution in [0.25, 0.3) is 0 Å². The molecule has 0 saturated carbocycles. The number of hydrogen-bond acceptors (Lipinski definition) is 4. The summed E-state index contributed by atoms with van der Waals surface area (Å²) in [6, 6.07) is 5.11. The van der Waals surface area contributed by atoms with Crippen molar-refractivity contribution >= 4 is 15.7 Å². The van der Waals surface area contributed by atoms with E-state index in [0.29, 0.717) is 29.9 Å². The molecule has 7 heteroatoms. The molecule has 1 aromatic carbocycles. The molecule has 1 heterocycles. The Hall–Kier alpha value is -1.86. The van der Waals surface area contributed by atoms with Crippen molar-refractivity contribution in [3.05, 3.63) is 41.2 Å². The van der Waals surface area contributed by atoms with Crippen molar-refractivity contribution < 1.29 is 8.42 Å². The lowest BCUT2D eigenvalue weighted by Crippen LogP contribution is -2.16. The Morgan fingerprint density at radius 1 is 1.38 bits per heavy atom. The molecule has 0 aliphatic rings. The number of hydrogen-bond donors (Lipinski definition) is 2. The molecule has 0 amide bonds. The second-order valence-electron chi connectivity index (χ2n) is 4.87. The second-order valence-corrected chi connectivity index (χ2v) is 6.52. The highest BCUT2D eigenvalue weighted by atomic mass is 32.2. The number of rotatable bonds is 5. The molecule has 0 atom stereocenters. The molecule has 0 radical (unpaired) electrons. The molecule has 21 heavy (non-hydrogen) atoms. The molecule has 2 aromatic rings. The second kappa shape index (κ2) is 5.87. The smallest absolute Gasteiger partial charge is 0.262 e. The fourth-order valence-corrected chi connectivity index (χ4v) is 3.61. The summed E-state index contributed by atoms with van der Waals surface area (Å²) in [5.74, 6) is 0. The number of aromatic nitrogens is 2. The van der Waals surface area contributed by atoms with Crippen LogP contribution in [0, 0.1) is 6.92 Å². The fraction of sp³-hybridized carbons (Fsp3) is 0.357. The van der Waals surface area contributed by atoms with Crippen LogP contribution in [0.3, 0.4) is 0 Å². The summed E-state index contributed by atoms with van der Waals surface area (Å²) >= 11 is 0. The van der Waals surface area contributed by atoms with Crippen LogP contribution in [0.15, 0.2) is 29.3 Å². The number of benzene rings is 1. The number of nitrogens with one attached hydrogen (secondary N) is 1. The van der Waals surface area contributed by atoms with Gasteiger partial charge in [-0.05, 0) is 30.5 Å². The molecule has 0 bridgehead atoms. The first-order chi connectivity index (χ1) is 9.89. The zero-order chi connectivity index (χ0) is 15.6. The van der Waals surface area contributed by atoms with Crippen LogP contribution in [0.2, 0.25) is 0 Å². The maximum atomic E-state index is 12.6. The van der Waals surface area contributed by atoms with Crippen molar-refractivity contribution in [2.75, 3.05) is 4.72 Å². The lowest BCUT2D eigenvalue weighted by Gasteiger charge is -2.12. The lowest BCUT2D eigenvalue weighted by atomic mass is 10.1. The minimum atomic E-state index is -3.65. The van der Waals surface area contributed by atoms with Gasteiger partial charge >= 0.3 is 0 Å². The predicted octanol–water partition coefficient (Wildman–Crippen LogP) is 1.55. The topological polar surface area (TPSA) is 90.0 Å². The minimum Gasteiger partial charge on any atom is -0.326 e. The fourth-order valence-electron chi connectivity index (χ4n) is 2.25. The first-order valence-corrected chi connectivity index (χ1v) is 8.21. The summed E-state index contributed by atoms with van der Waals surface area (Å²) in [5, 5.41) is 4.23. The van der Waals surface area contributed by atoms with Gasteiger partial charge in [-0.1, -0.05) is 19.1 Å². The van der Waals surface area contributed by atoms with Gasteiger partial charge in [-0.25, -0.2) is 8.42 Å². The van der Waals surface area contributed by atoms with Gasteiger partial charge in [0, 0.05) is 19.8 Å². The molecular weight excluding hydrogens is 288 g/mol. The first-order valence-electron chi connectivity index (χ1n) is 6.73. The molecule has 0 fully saturated rings. The molecule has 1 aromatic heterocycles. The quantitative estimate of drug-likeness (QED) is 0.877. The zero-order valence-corrected chi connectivity index (χ0v) is 13.2. The Bertz CT molecular complexity index is 750. The van der Waals surface area contributed by atoms with E-state index in [0.717, 1.165) is 5.56 Å². The van der Waals surface area contributed by atoms with Crippen molar-refractivity contribution in [1.29, 1.82) is 0 Å². The molecule has 0 saturated heterocycles. The Balaban J connectivity index is 2.43. The van der Waals surface area contributed by atoms with Crippen LogP contribution in [-0.4, -0.2) is 18.2 Å². The highest BCUT2D eigenvalue weighted by Gasteiger charge is 2.20. The van der Waals surface area contributed by atoms with Crippen LogP contribution < -0.4 is 10.5 Å². The van der Waals surface area contributed by atoms with Crippen molar-refractivity contribution in [1.82, 2.24) is 9.78 Å². The maximum Gasteiger partial charge on any atom is 0.262 e. The van der Waals surface area contributed by atoms with Gasteiger partial charge < -0.3 is 5.73 Å². The third-order valence-electron chi connectivity index (χ3n) is 3.39. The van der Waals surface area contributed by atoms with Crippen LogP contribution in [0.4, 0.5) is 5.69 Å². The maximum absolute atomic E-state index is 12.6. The molecule has 6 nitrogen and oxygen atoms in total. The molecular formula is C14H20N4O2S. The Kier molecular flexibility index (Phi) is 4.34. The van der Waals surface area contributed by atoms with Crippen molar-refractivity contribution in [2.24, 2.45) is 12.8 Å². The van der Waals surface area contributed by atoms with Gasteiger partial charge in [0.1, 0.15) is 0 Å². The van der Waals surface area contributed by atoms with E-state index >= 15 is 0 Å². The average Bonchev–Trinajstić information content (AvgIpc) is 2.78. The van der Waals surface area contributed by atoms with Gasteiger partial charge in [0.2, 0.25) is 0 Å². The van der Waals surface area contributed by atoms with Gasteiger partial charge in [-0.15, -0.1) is 0 Å². The molecule has 0 aliphatic carbocycles. The molecule has 0 spiro atoms. The lowest BCUT2D eigenvalue weighted by molar-refractivity contribution is 0.600. The highest BCUT2D eigenvalue weighted by molar-refractivity contribution is 7.92. The van der Waals surface area contributed by atoms with E-state index in [1.165, 1.54) is 0 Å². The number of nitrogens with zero attached hydrogens (tertiary/aromatic N) is 2. The van der Waals surface area contributed by atoms with Crippen molar-refractivity contribution in [2.45, 2.75) is 31.7 Å². The molecule has 0 aliphatic heterocycles. The summed E-state index contributed by atoms with van der Waals surface area (Å²) in [4.78, 5) is 0.247. The van der Waals surface area contributed by atoms with Crippen LogP contribution in [-0.2, 0) is 30.0 Å². The van der Waals surface area contributed by atoms with E-state index in [-0.39, 0.29) is 4.90 Å². The number of aryl methyl sites for hydroxylation is 2. The van der Waals surface area contributed by atoms with Crippen LogP contribution >= 0.6 is 0 Å². The van der Waals surface area contributed by atoms with Crippen LogP contribution in [0.1, 0.15) is 23.7 Å². The Labute approximate surface area is 125 Å². The molecule has 0 unspecified atom stereocenters. The van der Waals surface area contributed by atoms with E-state index in [2.05, 4.69) is 9.82 Å². The molecule has 114 valence electrons. The predicted molar refractivity (Wildman–Crippen MR) is 82.5 cm³/mol. The standard InChI is InChI=1S/C14H20N4O2S/c1-4-12-13(9-18(3)16-12)17-21(19,20)14-7-5-6-11(8-15)10(14)2/h5-7,9,17H,4,8,15H2,1-3H3. The molecule has 2 rings (SSSR count). The monoisotopic (exact) mass is 308 g/mol. The third-order valence-corrected chi connectivity index (χ3v) is 4.90. The van der Waals surface area contributed by atoms with Gasteiger partial charge in [-0.2, -0.15) is 5.10 Å². The summed E-state index contributed by atoms with van der Waals surface area (Å²) in [5.41, 5.74) is 8.36. The van der Waals surface area contributed by atoms with E-state index in [4.69, 9.17) is 5.73 Å². The summed E-state index contributed by atoms with van der Waals surface area (Å²) in [6.45, 7) is 4.00. The van der Waals surface area contributed by atoms with Crippen LogP contribution in [0.5, 0.6) is 0 Å². The Morgan fingerprint density at radius 2 is 2.10 bits per heavy atom. The summed E-state index contributed by atoms with van der Waals surface area (Å²) < 4.78 is 29.4. The number of sulfonamides is 1. The molecule has 3 N–H and O–H groups in total. The normalized spacial score (nSPS) is 11.6. The summed E-state index contributed by atoms with van der Waals surface area (Å²) in [6.07, 6.45) is 2.32. The summed E-state index contributed by atoms with van der Waals surface area (Å²) in [7, 11) is -1.89. The number of nitrogens with two attached hydrogens (primary N) is 1. The van der Waals surface area contributed by atoms with E-state index in [9.17, 15) is 8.42 Å². The number of anilines is 1. The van der Waals surface area contributed by atoms with Crippen molar-refractivity contribution in [3.8, 4) is 0 Å². The SMILES string of the molecule is CCc1nn(C)cc1NS(=O)(=O)c1cccc(CN)c1C. The third kappa shape index (κ3) is 3.08. The van der Waals surface area contributed by atoms with Gasteiger partial charge in [-0.3, -0.25) is 9.40 Å². The van der Waals surface area contributed by atoms with Gasteiger partial charge in [0.25, 0.3) is 10.0 Å². The highest BCUT2D eigenvalue weighted by Crippen LogP contribution is 2.23. The van der Waals surface area contributed by atoms with E-state index in [1.54, 1.807) is 37.0 Å². The van der Waals surface area contributed by atoms with Gasteiger partial charge in [0.15, 0.2) is 0 Å². The largest absolute Gasteiger partial charge is 0.326 e. The van der Waals surface area contributed by atoms with E-state index < -0.39 is 10.0 Å².